The maximum atomic E-state index is 12.2. The highest BCUT2D eigenvalue weighted by Gasteiger charge is 2.31. The largest absolute Gasteiger partial charge is 0.462 e. The second-order valence-corrected chi connectivity index (χ2v) is 6.73. The van der Waals surface area contributed by atoms with Crippen molar-refractivity contribution in [2.75, 3.05) is 0 Å². The van der Waals surface area contributed by atoms with Crippen LogP contribution in [0, 0.1) is 11.8 Å². The van der Waals surface area contributed by atoms with Crippen molar-refractivity contribution in [2.24, 2.45) is 11.8 Å². The number of carbonyl (C=O) groups is 2. The Balaban J connectivity index is 1.69. The van der Waals surface area contributed by atoms with Gasteiger partial charge in [-0.15, -0.1) is 0 Å². The lowest BCUT2D eigenvalue weighted by atomic mass is 9.86. The van der Waals surface area contributed by atoms with E-state index in [4.69, 9.17) is 9.47 Å². The monoisotopic (exact) mass is 308 g/mol. The Hall–Kier alpha value is -1.32. The summed E-state index contributed by atoms with van der Waals surface area (Å²) >= 11 is 0. The molecular formula is C18H28O4. The van der Waals surface area contributed by atoms with Crippen molar-refractivity contribution >= 4 is 11.9 Å². The number of hydrogen-bond acceptors (Lipinski definition) is 4. The molecule has 2 fully saturated rings. The van der Waals surface area contributed by atoms with Crippen molar-refractivity contribution in [3.63, 3.8) is 0 Å². The number of ether oxygens (including phenoxy) is 2. The fraction of sp³-hybridized carbons (Fsp3) is 0.778. The summed E-state index contributed by atoms with van der Waals surface area (Å²) in [6.07, 6.45) is 10.5. The summed E-state index contributed by atoms with van der Waals surface area (Å²) in [5.74, 6) is 0.413. The molecule has 124 valence electrons. The van der Waals surface area contributed by atoms with Gasteiger partial charge in [-0.2, -0.15) is 0 Å². The maximum Gasteiger partial charge on any atom is 0.330 e. The lowest BCUT2D eigenvalue weighted by Gasteiger charge is -2.30. The lowest BCUT2D eigenvalue weighted by molar-refractivity contribution is -0.158. The van der Waals surface area contributed by atoms with Crippen molar-refractivity contribution in [1.82, 2.24) is 0 Å². The second-order valence-electron chi connectivity index (χ2n) is 6.73. The molecule has 2 aliphatic rings. The van der Waals surface area contributed by atoms with Gasteiger partial charge in [-0.1, -0.05) is 13.0 Å². The van der Waals surface area contributed by atoms with Gasteiger partial charge in [-0.3, -0.25) is 4.79 Å². The van der Waals surface area contributed by atoms with Crippen molar-refractivity contribution in [3.05, 3.63) is 12.2 Å². The lowest BCUT2D eigenvalue weighted by Crippen LogP contribution is -2.32. The first-order valence-electron chi connectivity index (χ1n) is 8.62. The van der Waals surface area contributed by atoms with Crippen LogP contribution in [0.2, 0.25) is 0 Å². The minimum Gasteiger partial charge on any atom is -0.462 e. The number of carbonyl (C=O) groups excluding carboxylic acids is 2. The molecule has 2 rings (SSSR count). The van der Waals surface area contributed by atoms with Gasteiger partial charge in [-0.25, -0.2) is 4.79 Å². The molecule has 0 aromatic rings. The van der Waals surface area contributed by atoms with E-state index in [9.17, 15) is 9.59 Å². The van der Waals surface area contributed by atoms with E-state index in [1.807, 2.05) is 0 Å². The smallest absolute Gasteiger partial charge is 0.330 e. The van der Waals surface area contributed by atoms with Crippen molar-refractivity contribution < 1.29 is 19.1 Å². The van der Waals surface area contributed by atoms with E-state index in [2.05, 4.69) is 6.92 Å². The van der Waals surface area contributed by atoms with E-state index in [0.29, 0.717) is 0 Å². The molecule has 22 heavy (non-hydrogen) atoms. The molecule has 0 spiro atoms. The summed E-state index contributed by atoms with van der Waals surface area (Å²) in [4.78, 5) is 23.7. The summed E-state index contributed by atoms with van der Waals surface area (Å²) in [6.45, 7) is 4.05. The van der Waals surface area contributed by atoms with Gasteiger partial charge in [0.15, 0.2) is 0 Å². The summed E-state index contributed by atoms with van der Waals surface area (Å²) in [7, 11) is 0. The zero-order valence-electron chi connectivity index (χ0n) is 13.8. The van der Waals surface area contributed by atoms with Gasteiger partial charge in [0.2, 0.25) is 0 Å². The molecule has 0 amide bonds. The van der Waals surface area contributed by atoms with Crippen LogP contribution in [-0.2, 0) is 19.1 Å². The van der Waals surface area contributed by atoms with Crippen molar-refractivity contribution in [2.45, 2.75) is 77.4 Å². The van der Waals surface area contributed by atoms with E-state index in [1.54, 1.807) is 13.0 Å². The van der Waals surface area contributed by atoms with Crippen LogP contribution in [0.1, 0.15) is 65.2 Å². The first-order chi connectivity index (χ1) is 10.6. The molecule has 4 heteroatoms. The first kappa shape index (κ1) is 17.0. The topological polar surface area (TPSA) is 52.6 Å². The Morgan fingerprint density at radius 2 is 1.41 bits per heavy atom. The predicted molar refractivity (Wildman–Crippen MR) is 84.2 cm³/mol. The number of esters is 2. The maximum absolute atomic E-state index is 12.2. The highest BCUT2D eigenvalue weighted by atomic mass is 16.5. The zero-order valence-corrected chi connectivity index (χ0v) is 13.8. The Morgan fingerprint density at radius 3 is 2.00 bits per heavy atom. The van der Waals surface area contributed by atoms with Gasteiger partial charge in [0.25, 0.3) is 0 Å². The van der Waals surface area contributed by atoms with Gasteiger partial charge >= 0.3 is 11.9 Å². The molecular weight excluding hydrogens is 280 g/mol. The summed E-state index contributed by atoms with van der Waals surface area (Å²) < 4.78 is 11.0. The van der Waals surface area contributed by atoms with E-state index < -0.39 is 0 Å². The number of hydrogen-bond donors (Lipinski definition) is 0. The molecule has 0 atom stereocenters. The molecule has 0 aliphatic heterocycles. The highest BCUT2D eigenvalue weighted by molar-refractivity contribution is 5.82. The average Bonchev–Trinajstić information content (AvgIpc) is 2.50. The molecule has 0 unspecified atom stereocenters. The third kappa shape index (κ3) is 5.15. The van der Waals surface area contributed by atoms with Gasteiger partial charge in [0.1, 0.15) is 12.2 Å². The van der Waals surface area contributed by atoms with Gasteiger partial charge in [-0.05, 0) is 64.2 Å². The Morgan fingerprint density at radius 1 is 0.864 bits per heavy atom. The van der Waals surface area contributed by atoms with Crippen LogP contribution in [0.4, 0.5) is 0 Å². The van der Waals surface area contributed by atoms with Gasteiger partial charge in [0, 0.05) is 6.08 Å². The SMILES string of the molecule is C/C=C/C(=O)OC1CCC(C(=O)OC2CCC(C)CC2)CC1. The van der Waals surface area contributed by atoms with Crippen molar-refractivity contribution in [1.29, 1.82) is 0 Å². The summed E-state index contributed by atoms with van der Waals surface area (Å²) in [5.41, 5.74) is 0. The van der Waals surface area contributed by atoms with E-state index in [0.717, 1.165) is 57.3 Å². The van der Waals surface area contributed by atoms with Crippen LogP contribution in [0.5, 0.6) is 0 Å². The third-order valence-electron chi connectivity index (χ3n) is 4.84. The van der Waals surface area contributed by atoms with Crippen LogP contribution < -0.4 is 0 Å². The molecule has 0 radical (unpaired) electrons. The van der Waals surface area contributed by atoms with Gasteiger partial charge in [0.05, 0.1) is 5.92 Å². The molecule has 0 heterocycles. The second kappa shape index (κ2) is 8.35. The van der Waals surface area contributed by atoms with Crippen LogP contribution >= 0.6 is 0 Å². The Bertz CT molecular complexity index is 399. The minimum atomic E-state index is -0.287. The zero-order chi connectivity index (χ0) is 15.9. The van der Waals surface area contributed by atoms with Crippen LogP contribution in [0.25, 0.3) is 0 Å². The summed E-state index contributed by atoms with van der Waals surface area (Å²) in [5, 5.41) is 0. The molecule has 0 aromatic carbocycles. The van der Waals surface area contributed by atoms with E-state index in [-0.39, 0.29) is 30.1 Å². The predicted octanol–water partition coefficient (Wildman–Crippen LogP) is 3.79. The Labute approximate surface area is 133 Å². The van der Waals surface area contributed by atoms with Crippen LogP contribution in [0.3, 0.4) is 0 Å². The molecule has 2 saturated carbocycles. The van der Waals surface area contributed by atoms with Gasteiger partial charge < -0.3 is 9.47 Å². The standard InChI is InChI=1S/C18H28O4/c1-3-4-17(19)21-15-11-7-14(8-12-15)18(20)22-16-9-5-13(2)6-10-16/h3-4,13-16H,5-12H2,1-2H3/b4-3+. The fourth-order valence-corrected chi connectivity index (χ4v) is 3.36. The normalized spacial score (nSPS) is 32.6. The highest BCUT2D eigenvalue weighted by Crippen LogP contribution is 2.30. The molecule has 2 aliphatic carbocycles. The molecule has 0 aromatic heterocycles. The van der Waals surface area contributed by atoms with E-state index in [1.165, 1.54) is 6.08 Å². The summed E-state index contributed by atoms with van der Waals surface area (Å²) in [6, 6.07) is 0. The molecule has 0 saturated heterocycles. The van der Waals surface area contributed by atoms with Crippen LogP contribution in [0.15, 0.2) is 12.2 Å². The molecule has 0 N–H and O–H groups in total. The van der Waals surface area contributed by atoms with E-state index >= 15 is 0 Å². The first-order valence-corrected chi connectivity index (χ1v) is 8.62. The minimum absolute atomic E-state index is 0.0176. The molecule has 0 bridgehead atoms. The molecule has 4 nitrogen and oxygen atoms in total. The quantitative estimate of drug-likeness (QED) is 0.586. The third-order valence-corrected chi connectivity index (χ3v) is 4.84. The Kier molecular flexibility index (Phi) is 6.47. The number of rotatable bonds is 4. The van der Waals surface area contributed by atoms with Crippen molar-refractivity contribution in [3.8, 4) is 0 Å². The van der Waals surface area contributed by atoms with Crippen LogP contribution in [-0.4, -0.2) is 24.1 Å². The number of allylic oxidation sites excluding steroid dienone is 1. The average molecular weight is 308 g/mol. The fourth-order valence-electron chi connectivity index (χ4n) is 3.36.